The van der Waals surface area contributed by atoms with Gasteiger partial charge in [-0.2, -0.15) is 0 Å². The summed E-state index contributed by atoms with van der Waals surface area (Å²) in [6.07, 6.45) is 3.28. The summed E-state index contributed by atoms with van der Waals surface area (Å²) >= 11 is 6.52. The average molecular weight is 398 g/mol. The van der Waals surface area contributed by atoms with Crippen LogP contribution in [-0.2, 0) is 4.74 Å². The van der Waals surface area contributed by atoms with Crippen LogP contribution in [0.15, 0.2) is 18.2 Å². The molecule has 0 radical (unpaired) electrons. The van der Waals surface area contributed by atoms with Crippen LogP contribution in [0.3, 0.4) is 0 Å². The quantitative estimate of drug-likeness (QED) is 0.783. The standard InChI is InChI=1S/C18H24FN3O2S2/c1-12-5-7-21(8-6-12)16-4-3-13(9-15(16)19)22-11-14(24-18(22)23)10-20-17(25)26-2/h3-4,9,12,14H,5-8,10-11H2,1-2H3,(H,20,25)/t14-/m0/s1. The minimum Gasteiger partial charge on any atom is -0.442 e. The van der Waals surface area contributed by atoms with E-state index in [-0.39, 0.29) is 11.9 Å². The summed E-state index contributed by atoms with van der Waals surface area (Å²) in [7, 11) is 0. The van der Waals surface area contributed by atoms with Crippen LogP contribution in [0.5, 0.6) is 0 Å². The molecule has 26 heavy (non-hydrogen) atoms. The number of piperidine rings is 1. The van der Waals surface area contributed by atoms with Crippen LogP contribution < -0.4 is 15.1 Å². The molecule has 0 aromatic heterocycles. The summed E-state index contributed by atoms with van der Waals surface area (Å²) in [5, 5.41) is 3.04. The van der Waals surface area contributed by atoms with Crippen molar-refractivity contribution in [3.05, 3.63) is 24.0 Å². The fourth-order valence-corrected chi connectivity index (χ4v) is 3.59. The molecular weight excluding hydrogens is 373 g/mol. The van der Waals surface area contributed by atoms with Crippen LogP contribution in [0, 0.1) is 11.7 Å². The lowest BCUT2D eigenvalue weighted by molar-refractivity contribution is 0.143. The number of ether oxygens (including phenoxy) is 1. The van der Waals surface area contributed by atoms with Gasteiger partial charge in [-0.15, -0.1) is 11.8 Å². The molecule has 2 fully saturated rings. The van der Waals surface area contributed by atoms with Crippen molar-refractivity contribution in [2.24, 2.45) is 5.92 Å². The van der Waals surface area contributed by atoms with Gasteiger partial charge in [0.1, 0.15) is 16.2 Å². The topological polar surface area (TPSA) is 44.8 Å². The molecule has 8 heteroatoms. The Morgan fingerprint density at radius 3 is 2.81 bits per heavy atom. The number of rotatable bonds is 4. The van der Waals surface area contributed by atoms with E-state index in [1.165, 1.54) is 22.7 Å². The number of cyclic esters (lactones) is 1. The Bertz CT molecular complexity index is 680. The van der Waals surface area contributed by atoms with E-state index in [1.807, 2.05) is 6.26 Å². The Labute approximate surface area is 163 Å². The molecule has 0 aliphatic carbocycles. The number of benzene rings is 1. The van der Waals surface area contributed by atoms with Crippen molar-refractivity contribution in [3.8, 4) is 0 Å². The van der Waals surface area contributed by atoms with Crippen molar-refractivity contribution in [3.63, 3.8) is 0 Å². The molecule has 142 valence electrons. The highest BCUT2D eigenvalue weighted by Gasteiger charge is 2.33. The molecule has 2 heterocycles. The maximum Gasteiger partial charge on any atom is 0.414 e. The Hall–Kier alpha value is -1.54. The highest BCUT2D eigenvalue weighted by molar-refractivity contribution is 8.22. The van der Waals surface area contributed by atoms with Gasteiger partial charge in [0.05, 0.1) is 24.5 Å². The predicted molar refractivity (Wildman–Crippen MR) is 109 cm³/mol. The number of carbonyl (C=O) groups is 1. The van der Waals surface area contributed by atoms with E-state index in [9.17, 15) is 9.18 Å². The summed E-state index contributed by atoms with van der Waals surface area (Å²) in [6, 6.07) is 4.99. The fourth-order valence-electron chi connectivity index (χ4n) is 3.28. The van der Waals surface area contributed by atoms with E-state index in [4.69, 9.17) is 17.0 Å². The van der Waals surface area contributed by atoms with E-state index in [0.717, 1.165) is 25.9 Å². The zero-order chi connectivity index (χ0) is 18.7. The second kappa shape index (κ2) is 8.43. The van der Waals surface area contributed by atoms with Gasteiger partial charge in [-0.25, -0.2) is 9.18 Å². The molecule has 0 spiro atoms. The molecule has 2 aliphatic rings. The molecule has 0 unspecified atom stereocenters. The van der Waals surface area contributed by atoms with Crippen LogP contribution in [0.25, 0.3) is 0 Å². The Kier molecular flexibility index (Phi) is 6.24. The highest BCUT2D eigenvalue weighted by atomic mass is 32.2. The van der Waals surface area contributed by atoms with Gasteiger partial charge in [0.25, 0.3) is 0 Å². The summed E-state index contributed by atoms with van der Waals surface area (Å²) in [4.78, 5) is 15.7. The first-order valence-corrected chi connectivity index (χ1v) is 10.5. The number of hydrogen-bond acceptors (Lipinski definition) is 5. The molecule has 1 atom stereocenters. The SMILES string of the molecule is CSC(=S)NC[C@H]1CN(c2ccc(N3CCC(C)CC3)c(F)c2)C(=O)O1. The molecule has 1 aromatic rings. The fraction of sp³-hybridized carbons (Fsp3) is 0.556. The van der Waals surface area contributed by atoms with E-state index < -0.39 is 6.09 Å². The number of thiocarbonyl (C=S) groups is 1. The molecule has 0 saturated carbocycles. The lowest BCUT2D eigenvalue weighted by Crippen LogP contribution is -2.34. The number of amides is 1. The van der Waals surface area contributed by atoms with Crippen molar-refractivity contribution < 1.29 is 13.9 Å². The Morgan fingerprint density at radius 1 is 1.42 bits per heavy atom. The molecule has 5 nitrogen and oxygen atoms in total. The van der Waals surface area contributed by atoms with Crippen LogP contribution in [0.4, 0.5) is 20.6 Å². The lowest BCUT2D eigenvalue weighted by atomic mass is 9.99. The number of carbonyl (C=O) groups excluding carboxylic acids is 1. The smallest absolute Gasteiger partial charge is 0.414 e. The molecule has 1 amide bonds. The number of nitrogens with zero attached hydrogens (tertiary/aromatic N) is 2. The minimum absolute atomic E-state index is 0.296. The molecule has 2 aliphatic heterocycles. The molecule has 2 saturated heterocycles. The first-order chi connectivity index (χ1) is 12.5. The lowest BCUT2D eigenvalue weighted by Gasteiger charge is -2.32. The van der Waals surface area contributed by atoms with E-state index in [0.29, 0.717) is 34.7 Å². The van der Waals surface area contributed by atoms with Crippen molar-refractivity contribution in [1.82, 2.24) is 5.32 Å². The Balaban J connectivity index is 1.65. The van der Waals surface area contributed by atoms with Crippen LogP contribution >= 0.6 is 24.0 Å². The first kappa shape index (κ1) is 19.2. The molecular formula is C18H24FN3O2S2. The van der Waals surface area contributed by atoms with Gasteiger partial charge < -0.3 is 15.0 Å². The molecule has 1 N–H and O–H groups in total. The third kappa shape index (κ3) is 4.40. The second-order valence-electron chi connectivity index (χ2n) is 6.79. The van der Waals surface area contributed by atoms with Crippen LogP contribution in [0.2, 0.25) is 0 Å². The molecule has 0 bridgehead atoms. The zero-order valence-corrected chi connectivity index (χ0v) is 16.7. The van der Waals surface area contributed by atoms with Crippen molar-refractivity contribution in [1.29, 1.82) is 0 Å². The maximum atomic E-state index is 14.7. The van der Waals surface area contributed by atoms with Gasteiger partial charge in [-0.05, 0) is 43.2 Å². The van der Waals surface area contributed by atoms with Crippen LogP contribution in [-0.4, -0.2) is 49.0 Å². The average Bonchev–Trinajstić information content (AvgIpc) is 3.01. The molecule has 1 aromatic carbocycles. The maximum absolute atomic E-state index is 14.7. The zero-order valence-electron chi connectivity index (χ0n) is 15.0. The molecule has 3 rings (SSSR count). The van der Waals surface area contributed by atoms with Gasteiger partial charge in [0, 0.05) is 13.1 Å². The van der Waals surface area contributed by atoms with Gasteiger partial charge in [0.2, 0.25) is 0 Å². The normalized spacial score (nSPS) is 21.0. The number of halogens is 1. The van der Waals surface area contributed by atoms with Gasteiger partial charge in [-0.1, -0.05) is 19.1 Å². The summed E-state index contributed by atoms with van der Waals surface area (Å²) in [5.41, 5.74) is 1.13. The van der Waals surface area contributed by atoms with E-state index >= 15 is 0 Å². The van der Waals surface area contributed by atoms with Gasteiger partial charge in [-0.3, -0.25) is 4.90 Å². The summed E-state index contributed by atoms with van der Waals surface area (Å²) in [6.45, 7) is 4.79. The number of hydrogen-bond donors (Lipinski definition) is 1. The number of thioether (sulfide) groups is 1. The minimum atomic E-state index is -0.453. The van der Waals surface area contributed by atoms with E-state index in [2.05, 4.69) is 17.1 Å². The van der Waals surface area contributed by atoms with Crippen molar-refractivity contribution >= 4 is 45.8 Å². The number of nitrogens with one attached hydrogen (secondary N) is 1. The van der Waals surface area contributed by atoms with Crippen molar-refractivity contribution in [2.45, 2.75) is 25.9 Å². The van der Waals surface area contributed by atoms with Crippen molar-refractivity contribution in [2.75, 3.05) is 42.2 Å². The highest BCUT2D eigenvalue weighted by Crippen LogP contribution is 2.30. The third-order valence-corrected chi connectivity index (χ3v) is 6.06. The largest absolute Gasteiger partial charge is 0.442 e. The van der Waals surface area contributed by atoms with Crippen LogP contribution in [0.1, 0.15) is 19.8 Å². The number of anilines is 2. The second-order valence-corrected chi connectivity index (χ2v) is 8.28. The van der Waals surface area contributed by atoms with Gasteiger partial charge in [0.15, 0.2) is 0 Å². The van der Waals surface area contributed by atoms with E-state index in [1.54, 1.807) is 12.1 Å². The predicted octanol–water partition coefficient (Wildman–Crippen LogP) is 3.62. The summed E-state index contributed by atoms with van der Waals surface area (Å²) < 4.78 is 20.7. The Morgan fingerprint density at radius 2 is 2.15 bits per heavy atom. The third-order valence-electron chi connectivity index (χ3n) is 4.90. The first-order valence-electron chi connectivity index (χ1n) is 8.82. The van der Waals surface area contributed by atoms with Gasteiger partial charge >= 0.3 is 6.09 Å². The summed E-state index contributed by atoms with van der Waals surface area (Å²) in [5.74, 6) is 0.396. The monoisotopic (exact) mass is 397 g/mol.